The van der Waals surface area contributed by atoms with Crippen LogP contribution in [0.2, 0.25) is 0 Å². The summed E-state index contributed by atoms with van der Waals surface area (Å²) in [6.45, 7) is 4.69. The van der Waals surface area contributed by atoms with E-state index in [1.807, 2.05) is 27.2 Å². The maximum Gasteiger partial charge on any atom is 0.472 e. The van der Waals surface area contributed by atoms with E-state index in [-0.39, 0.29) is 19.1 Å². The Balaban J connectivity index is 4.51. The molecule has 0 aromatic heterocycles. The summed E-state index contributed by atoms with van der Waals surface area (Å²) in [6.07, 6.45) is 43.3. The normalized spacial score (nSPS) is 15.0. The lowest BCUT2D eigenvalue weighted by molar-refractivity contribution is -0.870. The zero-order valence-corrected chi connectivity index (χ0v) is 35.2. The van der Waals surface area contributed by atoms with Crippen LogP contribution in [-0.2, 0) is 18.4 Å². The topological polar surface area (TPSA) is 105 Å². The minimum Gasteiger partial charge on any atom is -0.387 e. The number of nitrogens with zero attached hydrogens (tertiary/aromatic N) is 1. The summed E-state index contributed by atoms with van der Waals surface area (Å²) in [7, 11) is 1.53. The molecule has 3 unspecified atom stereocenters. The smallest absolute Gasteiger partial charge is 0.387 e. The third-order valence-corrected chi connectivity index (χ3v) is 9.96. The molecule has 0 aromatic rings. The van der Waals surface area contributed by atoms with Gasteiger partial charge < -0.3 is 19.8 Å². The first-order valence-electron chi connectivity index (χ1n) is 21.0. The molecule has 0 rings (SSSR count). The lowest BCUT2D eigenvalue weighted by Gasteiger charge is -2.25. The standard InChI is InChI=1S/C43H81N2O6P/c1-6-8-10-12-14-16-18-19-20-21-22-23-24-25-26-27-28-30-32-34-36-42(46)41(40-51-52(48,49)50-39-38-45(3,4)5)44-43(47)37-35-33-31-29-17-15-13-11-9-7-2/h11,13,23-24,27-28,34,36,41-42,46H,6-10,12,14-22,25-26,29-33,35,37-40H2,1-5H3,(H-,44,47,48,49)/p+1/b13-11-,24-23+,28-27+,36-34+. The number of amides is 1. The Morgan fingerprint density at radius 2 is 1.10 bits per heavy atom. The van der Waals surface area contributed by atoms with Crippen LogP contribution >= 0.6 is 7.82 Å². The number of rotatable bonds is 37. The molecule has 52 heavy (non-hydrogen) atoms. The predicted octanol–water partition coefficient (Wildman–Crippen LogP) is 11.3. The van der Waals surface area contributed by atoms with Gasteiger partial charge in [0.1, 0.15) is 13.2 Å². The minimum absolute atomic E-state index is 0.0506. The van der Waals surface area contributed by atoms with Crippen molar-refractivity contribution in [1.29, 1.82) is 0 Å². The number of likely N-dealkylation sites (N-methyl/N-ethyl adjacent to an activating group) is 1. The molecule has 0 aliphatic rings. The van der Waals surface area contributed by atoms with Crippen molar-refractivity contribution in [2.24, 2.45) is 0 Å². The zero-order chi connectivity index (χ0) is 38.6. The van der Waals surface area contributed by atoms with Gasteiger partial charge in [-0.05, 0) is 64.2 Å². The SMILES string of the molecule is CCC/C=C\CCCCCCCC(=O)NC(COP(=O)(O)OCC[N+](C)(C)C)C(O)/C=C/CC/C=C/CC/C=C/CCCCCCCCCCCC. The van der Waals surface area contributed by atoms with Crippen molar-refractivity contribution in [1.82, 2.24) is 5.32 Å². The maximum absolute atomic E-state index is 12.8. The van der Waals surface area contributed by atoms with Crippen LogP contribution in [0.5, 0.6) is 0 Å². The van der Waals surface area contributed by atoms with Gasteiger partial charge >= 0.3 is 7.82 Å². The Kier molecular flexibility index (Phi) is 34.1. The molecule has 9 heteroatoms. The molecule has 0 aliphatic carbocycles. The van der Waals surface area contributed by atoms with E-state index < -0.39 is 20.0 Å². The monoisotopic (exact) mass is 754 g/mol. The third kappa shape index (κ3) is 36.8. The number of allylic oxidation sites excluding steroid dienone is 7. The summed E-state index contributed by atoms with van der Waals surface area (Å²) in [4.78, 5) is 23.0. The van der Waals surface area contributed by atoms with E-state index in [1.54, 1.807) is 6.08 Å². The molecule has 0 saturated heterocycles. The van der Waals surface area contributed by atoms with Crippen LogP contribution in [-0.4, -0.2) is 73.4 Å². The highest BCUT2D eigenvalue weighted by atomic mass is 31.2. The molecule has 0 bridgehead atoms. The molecule has 0 radical (unpaired) electrons. The molecule has 3 atom stereocenters. The molecule has 304 valence electrons. The number of hydrogen-bond donors (Lipinski definition) is 3. The molecule has 3 N–H and O–H groups in total. The summed E-state index contributed by atoms with van der Waals surface area (Å²) < 4.78 is 23.4. The second-order valence-corrected chi connectivity index (χ2v) is 16.8. The van der Waals surface area contributed by atoms with Gasteiger partial charge in [0, 0.05) is 6.42 Å². The molecule has 1 amide bonds. The second kappa shape index (κ2) is 35.2. The van der Waals surface area contributed by atoms with Gasteiger partial charge in [-0.2, -0.15) is 0 Å². The van der Waals surface area contributed by atoms with Gasteiger partial charge in [-0.3, -0.25) is 13.8 Å². The number of carbonyl (C=O) groups excluding carboxylic acids is 1. The lowest BCUT2D eigenvalue weighted by Crippen LogP contribution is -2.45. The first-order valence-corrected chi connectivity index (χ1v) is 22.5. The van der Waals surface area contributed by atoms with Gasteiger partial charge in [-0.1, -0.05) is 146 Å². The van der Waals surface area contributed by atoms with Crippen molar-refractivity contribution in [3.63, 3.8) is 0 Å². The fourth-order valence-electron chi connectivity index (χ4n) is 5.60. The Morgan fingerprint density at radius 1 is 0.635 bits per heavy atom. The molecule has 8 nitrogen and oxygen atoms in total. The van der Waals surface area contributed by atoms with Crippen molar-refractivity contribution >= 4 is 13.7 Å². The van der Waals surface area contributed by atoms with Gasteiger partial charge in [0.15, 0.2) is 0 Å². The van der Waals surface area contributed by atoms with E-state index in [2.05, 4.69) is 55.6 Å². The molecule has 0 fully saturated rings. The fourth-order valence-corrected chi connectivity index (χ4v) is 6.34. The van der Waals surface area contributed by atoms with Crippen molar-refractivity contribution in [3.8, 4) is 0 Å². The van der Waals surface area contributed by atoms with Crippen molar-refractivity contribution < 1.29 is 32.9 Å². The van der Waals surface area contributed by atoms with E-state index in [4.69, 9.17) is 9.05 Å². The van der Waals surface area contributed by atoms with Crippen LogP contribution in [0.3, 0.4) is 0 Å². The number of aliphatic hydroxyl groups excluding tert-OH is 1. The largest absolute Gasteiger partial charge is 0.472 e. The zero-order valence-electron chi connectivity index (χ0n) is 34.3. The van der Waals surface area contributed by atoms with Crippen LogP contribution in [0.4, 0.5) is 0 Å². The number of hydrogen-bond acceptors (Lipinski definition) is 5. The Hall–Kier alpha value is -1.54. The lowest BCUT2D eigenvalue weighted by atomic mass is 10.1. The Bertz CT molecular complexity index is 991. The van der Waals surface area contributed by atoms with Gasteiger partial charge in [0.25, 0.3) is 0 Å². The molecule has 0 aromatic carbocycles. The highest BCUT2D eigenvalue weighted by molar-refractivity contribution is 7.47. The Morgan fingerprint density at radius 3 is 1.62 bits per heavy atom. The average molecular weight is 754 g/mol. The highest BCUT2D eigenvalue weighted by Gasteiger charge is 2.27. The van der Waals surface area contributed by atoms with E-state index in [0.29, 0.717) is 17.4 Å². The van der Waals surface area contributed by atoms with Gasteiger partial charge in [-0.15, -0.1) is 0 Å². The summed E-state index contributed by atoms with van der Waals surface area (Å²) in [5.41, 5.74) is 0. The fraction of sp³-hybridized carbons (Fsp3) is 0.791. The van der Waals surface area contributed by atoms with Crippen molar-refractivity contribution in [2.45, 2.75) is 180 Å². The predicted molar refractivity (Wildman–Crippen MR) is 221 cm³/mol. The van der Waals surface area contributed by atoms with Crippen LogP contribution in [0.25, 0.3) is 0 Å². The van der Waals surface area contributed by atoms with Gasteiger partial charge in [0.05, 0.1) is 39.9 Å². The van der Waals surface area contributed by atoms with Crippen LogP contribution in [0.1, 0.15) is 168 Å². The van der Waals surface area contributed by atoms with Gasteiger partial charge in [0.2, 0.25) is 5.91 Å². The number of quaternary nitrogens is 1. The first-order chi connectivity index (χ1) is 25.0. The minimum atomic E-state index is -4.35. The molecular weight excluding hydrogens is 671 g/mol. The molecule has 0 spiro atoms. The molecule has 0 heterocycles. The Labute approximate surface area is 320 Å². The van der Waals surface area contributed by atoms with Gasteiger partial charge in [-0.25, -0.2) is 4.57 Å². The third-order valence-electron chi connectivity index (χ3n) is 8.98. The van der Waals surface area contributed by atoms with E-state index in [1.165, 1.54) is 77.0 Å². The summed E-state index contributed by atoms with van der Waals surface area (Å²) in [6, 6.07) is -0.872. The summed E-state index contributed by atoms with van der Waals surface area (Å²) >= 11 is 0. The number of phosphoric acid groups is 1. The molecule has 0 saturated carbocycles. The average Bonchev–Trinajstić information content (AvgIpc) is 3.09. The van der Waals surface area contributed by atoms with Crippen LogP contribution in [0.15, 0.2) is 48.6 Å². The number of unbranched alkanes of at least 4 members (excludes halogenated alkanes) is 18. The number of aliphatic hydroxyl groups is 1. The summed E-state index contributed by atoms with van der Waals surface area (Å²) in [5.74, 6) is -0.206. The molecule has 0 aliphatic heterocycles. The van der Waals surface area contributed by atoms with Crippen molar-refractivity contribution in [3.05, 3.63) is 48.6 Å². The summed E-state index contributed by atoms with van der Waals surface area (Å²) in [5, 5.41) is 13.7. The van der Waals surface area contributed by atoms with E-state index >= 15 is 0 Å². The van der Waals surface area contributed by atoms with Crippen LogP contribution < -0.4 is 5.32 Å². The number of carbonyl (C=O) groups is 1. The maximum atomic E-state index is 12.8. The second-order valence-electron chi connectivity index (χ2n) is 15.3. The highest BCUT2D eigenvalue weighted by Crippen LogP contribution is 2.43. The van der Waals surface area contributed by atoms with E-state index in [0.717, 1.165) is 70.6 Å². The number of nitrogens with one attached hydrogen (secondary N) is 1. The number of phosphoric ester groups is 1. The molecular formula is C43H82N2O6P+. The quantitative estimate of drug-likeness (QED) is 0.0252. The first kappa shape index (κ1) is 50.5. The van der Waals surface area contributed by atoms with Crippen LogP contribution in [0, 0.1) is 0 Å². The van der Waals surface area contributed by atoms with E-state index in [9.17, 15) is 19.4 Å². The van der Waals surface area contributed by atoms with Crippen molar-refractivity contribution in [2.75, 3.05) is 40.9 Å².